The number of nitrogens with zero attached hydrogens (tertiary/aromatic N) is 2. The van der Waals surface area contributed by atoms with Gasteiger partial charge in [-0.25, -0.2) is 9.97 Å². The summed E-state index contributed by atoms with van der Waals surface area (Å²) in [5.74, 6) is 0.531. The molecule has 0 unspecified atom stereocenters. The average molecular weight is 258 g/mol. The number of hydrogen-bond acceptors (Lipinski definition) is 4. The molecule has 0 spiro atoms. The van der Waals surface area contributed by atoms with Gasteiger partial charge in [-0.15, -0.1) is 0 Å². The molecule has 0 saturated heterocycles. The Morgan fingerprint density at radius 1 is 1.33 bits per heavy atom. The molecule has 0 aliphatic rings. The maximum absolute atomic E-state index is 5.53. The van der Waals surface area contributed by atoms with Crippen LogP contribution in [0.4, 0.5) is 5.95 Å². The highest BCUT2D eigenvalue weighted by Crippen LogP contribution is 2.09. The van der Waals surface area contributed by atoms with Crippen molar-refractivity contribution in [2.75, 3.05) is 5.32 Å². The zero-order valence-corrected chi connectivity index (χ0v) is 10.9. The monoisotopic (exact) mass is 258 g/mol. The molecule has 1 aromatic heterocycles. The first-order chi connectivity index (χ1) is 8.66. The molecule has 92 valence electrons. The maximum Gasteiger partial charge on any atom is 0.223 e. The topological polar surface area (TPSA) is 63.8 Å². The lowest BCUT2D eigenvalue weighted by Gasteiger charge is -2.08. The van der Waals surface area contributed by atoms with Gasteiger partial charge in [0, 0.05) is 12.7 Å². The third kappa shape index (κ3) is 3.01. The van der Waals surface area contributed by atoms with E-state index in [-0.39, 0.29) is 4.99 Å². The van der Waals surface area contributed by atoms with Gasteiger partial charge >= 0.3 is 0 Å². The third-order valence-electron chi connectivity index (χ3n) is 2.61. The number of benzene rings is 1. The summed E-state index contributed by atoms with van der Waals surface area (Å²) < 4.78 is 0. The highest BCUT2D eigenvalue weighted by atomic mass is 32.1. The molecular weight excluding hydrogens is 244 g/mol. The average Bonchev–Trinajstić information content (AvgIpc) is 2.38. The Morgan fingerprint density at radius 3 is 2.83 bits per heavy atom. The van der Waals surface area contributed by atoms with Crippen LogP contribution in [-0.2, 0) is 6.54 Å². The maximum atomic E-state index is 5.53. The second kappa shape index (κ2) is 5.55. The summed E-state index contributed by atoms with van der Waals surface area (Å²) in [7, 11) is 0. The van der Waals surface area contributed by atoms with Gasteiger partial charge in [-0.2, -0.15) is 0 Å². The molecule has 0 fully saturated rings. The van der Waals surface area contributed by atoms with Crippen molar-refractivity contribution in [3.8, 4) is 0 Å². The SMILES string of the molecule is Cc1ccccc1CNc1nccc(C(N)=S)n1. The van der Waals surface area contributed by atoms with Crippen LogP contribution in [0.3, 0.4) is 0 Å². The minimum Gasteiger partial charge on any atom is -0.388 e. The molecule has 2 rings (SSSR count). The van der Waals surface area contributed by atoms with E-state index in [9.17, 15) is 0 Å². The first kappa shape index (κ1) is 12.4. The normalized spacial score (nSPS) is 10.1. The molecule has 0 radical (unpaired) electrons. The van der Waals surface area contributed by atoms with Crippen molar-refractivity contribution in [2.24, 2.45) is 5.73 Å². The Kier molecular flexibility index (Phi) is 3.84. The summed E-state index contributed by atoms with van der Waals surface area (Å²) in [6.45, 7) is 2.75. The van der Waals surface area contributed by atoms with Gasteiger partial charge in [0.25, 0.3) is 0 Å². The fourth-order valence-corrected chi connectivity index (χ4v) is 1.68. The molecule has 4 nitrogen and oxygen atoms in total. The van der Waals surface area contributed by atoms with Crippen LogP contribution in [0, 0.1) is 6.92 Å². The Labute approximate surface area is 111 Å². The van der Waals surface area contributed by atoms with Gasteiger partial charge in [-0.3, -0.25) is 0 Å². The number of thiocarbonyl (C=S) groups is 1. The highest BCUT2D eigenvalue weighted by Gasteiger charge is 2.02. The quantitative estimate of drug-likeness (QED) is 0.822. The molecule has 1 heterocycles. The molecule has 5 heteroatoms. The minimum absolute atomic E-state index is 0.274. The van der Waals surface area contributed by atoms with Crippen molar-refractivity contribution in [1.82, 2.24) is 9.97 Å². The number of hydrogen-bond donors (Lipinski definition) is 2. The van der Waals surface area contributed by atoms with Gasteiger partial charge < -0.3 is 11.1 Å². The van der Waals surface area contributed by atoms with Gasteiger partial charge in [0.15, 0.2) is 0 Å². The summed E-state index contributed by atoms with van der Waals surface area (Å²) >= 11 is 4.88. The van der Waals surface area contributed by atoms with E-state index >= 15 is 0 Å². The van der Waals surface area contributed by atoms with Crippen LogP contribution in [0.1, 0.15) is 16.8 Å². The van der Waals surface area contributed by atoms with Crippen LogP contribution in [0.25, 0.3) is 0 Å². The van der Waals surface area contributed by atoms with Crippen LogP contribution >= 0.6 is 12.2 Å². The predicted molar refractivity (Wildman–Crippen MR) is 76.4 cm³/mol. The zero-order chi connectivity index (χ0) is 13.0. The number of nitrogens with two attached hydrogens (primary N) is 1. The molecule has 0 atom stereocenters. The van der Waals surface area contributed by atoms with E-state index < -0.39 is 0 Å². The van der Waals surface area contributed by atoms with Gasteiger partial charge in [-0.1, -0.05) is 36.5 Å². The van der Waals surface area contributed by atoms with Crippen LogP contribution in [0.5, 0.6) is 0 Å². The molecule has 0 saturated carbocycles. The van der Waals surface area contributed by atoms with Gasteiger partial charge in [0.1, 0.15) is 10.7 Å². The molecular formula is C13H14N4S. The van der Waals surface area contributed by atoms with Crippen LogP contribution in [0.15, 0.2) is 36.5 Å². The van der Waals surface area contributed by atoms with Crippen molar-refractivity contribution < 1.29 is 0 Å². The van der Waals surface area contributed by atoms with Crippen molar-refractivity contribution >= 4 is 23.2 Å². The van der Waals surface area contributed by atoms with E-state index in [1.807, 2.05) is 12.1 Å². The molecule has 0 aliphatic heterocycles. The van der Waals surface area contributed by atoms with Crippen molar-refractivity contribution in [3.63, 3.8) is 0 Å². The lowest BCUT2D eigenvalue weighted by molar-refractivity contribution is 1.04. The van der Waals surface area contributed by atoms with E-state index in [4.69, 9.17) is 18.0 Å². The second-order valence-corrected chi connectivity index (χ2v) is 4.35. The lowest BCUT2D eigenvalue weighted by atomic mass is 10.1. The summed E-state index contributed by atoms with van der Waals surface area (Å²) in [6.07, 6.45) is 1.64. The van der Waals surface area contributed by atoms with Crippen molar-refractivity contribution in [2.45, 2.75) is 13.5 Å². The standard InChI is InChI=1S/C13H14N4S/c1-9-4-2-3-5-10(9)8-16-13-15-7-6-11(17-13)12(14)18/h2-7H,8H2,1H3,(H2,14,18)(H,15,16,17). The largest absolute Gasteiger partial charge is 0.388 e. The Balaban J connectivity index is 2.09. The lowest BCUT2D eigenvalue weighted by Crippen LogP contribution is -2.13. The van der Waals surface area contributed by atoms with E-state index in [0.717, 1.165) is 0 Å². The van der Waals surface area contributed by atoms with E-state index in [0.29, 0.717) is 18.2 Å². The summed E-state index contributed by atoms with van der Waals surface area (Å²) in [6, 6.07) is 9.86. The zero-order valence-electron chi connectivity index (χ0n) is 10.1. The third-order valence-corrected chi connectivity index (χ3v) is 2.82. The fraction of sp³-hybridized carbons (Fsp3) is 0.154. The van der Waals surface area contributed by atoms with Crippen LogP contribution in [0.2, 0.25) is 0 Å². The number of aryl methyl sites for hydroxylation is 1. The molecule has 0 aliphatic carbocycles. The number of nitrogens with one attached hydrogen (secondary N) is 1. The Morgan fingerprint density at radius 2 is 2.11 bits per heavy atom. The molecule has 0 amide bonds. The van der Waals surface area contributed by atoms with E-state index in [1.165, 1.54) is 11.1 Å². The minimum atomic E-state index is 0.274. The van der Waals surface area contributed by atoms with Crippen molar-refractivity contribution in [1.29, 1.82) is 0 Å². The smallest absolute Gasteiger partial charge is 0.223 e. The summed E-state index contributed by atoms with van der Waals surface area (Å²) in [5, 5.41) is 3.16. The van der Waals surface area contributed by atoms with Crippen molar-refractivity contribution in [3.05, 3.63) is 53.3 Å². The predicted octanol–water partition coefficient (Wildman–Crippen LogP) is 2.03. The molecule has 18 heavy (non-hydrogen) atoms. The van der Waals surface area contributed by atoms with E-state index in [2.05, 4.69) is 34.3 Å². The number of rotatable bonds is 4. The highest BCUT2D eigenvalue weighted by molar-refractivity contribution is 7.80. The summed E-state index contributed by atoms with van der Waals surface area (Å²) in [5.41, 5.74) is 8.55. The van der Waals surface area contributed by atoms with Crippen LogP contribution < -0.4 is 11.1 Å². The molecule has 1 aromatic carbocycles. The Hall–Kier alpha value is -2.01. The van der Waals surface area contributed by atoms with E-state index in [1.54, 1.807) is 12.3 Å². The second-order valence-electron chi connectivity index (χ2n) is 3.91. The first-order valence-corrected chi connectivity index (χ1v) is 5.99. The van der Waals surface area contributed by atoms with Gasteiger partial charge in [-0.05, 0) is 24.1 Å². The van der Waals surface area contributed by atoms with Crippen LogP contribution in [-0.4, -0.2) is 15.0 Å². The molecule has 0 bridgehead atoms. The molecule has 2 aromatic rings. The first-order valence-electron chi connectivity index (χ1n) is 5.58. The number of aromatic nitrogens is 2. The molecule has 3 N–H and O–H groups in total. The Bertz CT molecular complexity index is 568. The summed E-state index contributed by atoms with van der Waals surface area (Å²) in [4.78, 5) is 8.63. The van der Waals surface area contributed by atoms with Gasteiger partial charge in [0.05, 0.1) is 0 Å². The van der Waals surface area contributed by atoms with Gasteiger partial charge in [0.2, 0.25) is 5.95 Å². The fourth-order valence-electron chi connectivity index (χ4n) is 1.56. The number of anilines is 1.